The Morgan fingerprint density at radius 2 is 1.94 bits per heavy atom. The van der Waals surface area contributed by atoms with Crippen LogP contribution in [0, 0.1) is 0 Å². The van der Waals surface area contributed by atoms with Gasteiger partial charge >= 0.3 is 5.97 Å². The minimum atomic E-state index is -0.397. The average Bonchev–Trinajstić information content (AvgIpc) is 3.33. The van der Waals surface area contributed by atoms with E-state index in [4.69, 9.17) is 9.47 Å². The minimum absolute atomic E-state index is 0.140. The molecule has 190 valence electrons. The zero-order valence-corrected chi connectivity index (χ0v) is 22.2. The third-order valence-electron chi connectivity index (χ3n) is 6.02. The predicted molar refractivity (Wildman–Crippen MR) is 142 cm³/mol. The number of methoxy groups -OCH3 is 2. The molecule has 0 radical (unpaired) electrons. The summed E-state index contributed by atoms with van der Waals surface area (Å²) in [5.74, 6) is 1.13. The van der Waals surface area contributed by atoms with Crippen molar-refractivity contribution < 1.29 is 19.1 Å². The number of amides is 1. The van der Waals surface area contributed by atoms with Gasteiger partial charge in [-0.3, -0.25) is 4.79 Å². The monoisotopic (exact) mass is 526 g/mol. The Bertz CT molecular complexity index is 1230. The van der Waals surface area contributed by atoms with Gasteiger partial charge in [-0.25, -0.2) is 4.79 Å². The van der Waals surface area contributed by atoms with Crippen LogP contribution < -0.4 is 10.1 Å². The van der Waals surface area contributed by atoms with E-state index in [2.05, 4.69) is 22.1 Å². The smallest absolute Gasteiger partial charge is 0.341 e. The molecule has 10 heteroatoms. The number of rotatable bonds is 10. The molecular weight excluding hydrogens is 496 g/mol. The normalized spacial score (nSPS) is 12.9. The van der Waals surface area contributed by atoms with Crippen LogP contribution in [0.4, 0.5) is 5.00 Å². The summed E-state index contributed by atoms with van der Waals surface area (Å²) in [7, 11) is 3.01. The molecule has 0 fully saturated rings. The second-order valence-corrected chi connectivity index (χ2v) is 10.5. The Balaban J connectivity index is 1.45. The second kappa shape index (κ2) is 12.2. The van der Waals surface area contributed by atoms with E-state index in [0.29, 0.717) is 28.7 Å². The van der Waals surface area contributed by atoms with Crippen molar-refractivity contribution in [1.29, 1.82) is 0 Å². The lowest BCUT2D eigenvalue weighted by atomic mass is 10.1. The number of hydrogen-bond donors (Lipinski definition) is 1. The first-order valence-corrected chi connectivity index (χ1v) is 13.7. The number of nitrogens with zero attached hydrogens (tertiary/aromatic N) is 3. The molecule has 1 aromatic carbocycles. The van der Waals surface area contributed by atoms with Crippen LogP contribution in [0.15, 0.2) is 42.1 Å². The fourth-order valence-corrected chi connectivity index (χ4v) is 6.30. The van der Waals surface area contributed by atoms with Gasteiger partial charge in [-0.1, -0.05) is 36.4 Å². The SMILES string of the molecule is C=CCn1c(Cc2ccc(OC)cc2)nnc1SCC(=O)Nc1sc2c(c1C(=O)OC)CCCCC2. The fraction of sp³-hybridized carbons (Fsp3) is 0.385. The maximum atomic E-state index is 12.9. The van der Waals surface area contributed by atoms with Crippen LogP contribution in [0.25, 0.3) is 0 Å². The third-order valence-corrected chi connectivity index (χ3v) is 8.20. The molecule has 36 heavy (non-hydrogen) atoms. The molecule has 2 heterocycles. The van der Waals surface area contributed by atoms with E-state index in [9.17, 15) is 9.59 Å². The van der Waals surface area contributed by atoms with Gasteiger partial charge in [0.25, 0.3) is 0 Å². The number of nitrogens with one attached hydrogen (secondary N) is 1. The van der Waals surface area contributed by atoms with Gasteiger partial charge in [0.2, 0.25) is 5.91 Å². The third kappa shape index (κ3) is 5.99. The Labute approximate surface area is 219 Å². The number of esters is 1. The van der Waals surface area contributed by atoms with E-state index in [1.807, 2.05) is 28.8 Å². The Hall–Kier alpha value is -3.11. The van der Waals surface area contributed by atoms with Crippen molar-refractivity contribution in [1.82, 2.24) is 14.8 Å². The highest BCUT2D eigenvalue weighted by molar-refractivity contribution is 7.99. The standard InChI is InChI=1S/C26H30N4O4S2/c1-4-14-30-21(15-17-10-12-18(33-2)13-11-17)28-29-26(30)35-16-22(31)27-24-23(25(32)34-3)19-8-6-5-7-9-20(19)36-24/h4,10-13H,1,5-9,14-16H2,2-3H3,(H,27,31). The molecule has 0 bridgehead atoms. The van der Waals surface area contributed by atoms with Gasteiger partial charge in [0.15, 0.2) is 5.16 Å². The quantitative estimate of drug-likeness (QED) is 0.174. The number of thioether (sulfide) groups is 1. The molecule has 8 nitrogen and oxygen atoms in total. The maximum absolute atomic E-state index is 12.9. The number of fused-ring (bicyclic) bond motifs is 1. The van der Waals surface area contributed by atoms with Crippen LogP contribution in [0.1, 0.15) is 51.4 Å². The molecule has 0 unspecified atom stereocenters. The first-order valence-electron chi connectivity index (χ1n) is 11.9. The Kier molecular flexibility index (Phi) is 8.82. The number of allylic oxidation sites excluding steroid dienone is 1. The summed E-state index contributed by atoms with van der Waals surface area (Å²) in [4.78, 5) is 26.6. The summed E-state index contributed by atoms with van der Waals surface area (Å²) in [5, 5.41) is 12.8. The number of benzene rings is 1. The van der Waals surface area contributed by atoms with Crippen LogP contribution in [0.5, 0.6) is 5.75 Å². The summed E-state index contributed by atoms with van der Waals surface area (Å²) in [6.45, 7) is 4.38. The highest BCUT2D eigenvalue weighted by Gasteiger charge is 2.26. The molecule has 0 spiro atoms. The summed E-state index contributed by atoms with van der Waals surface area (Å²) in [5.41, 5.74) is 2.62. The lowest BCUT2D eigenvalue weighted by molar-refractivity contribution is -0.113. The zero-order chi connectivity index (χ0) is 25.5. The van der Waals surface area contributed by atoms with E-state index in [1.54, 1.807) is 13.2 Å². The van der Waals surface area contributed by atoms with Crippen molar-refractivity contribution in [2.24, 2.45) is 0 Å². The summed E-state index contributed by atoms with van der Waals surface area (Å²) < 4.78 is 12.2. The lowest BCUT2D eigenvalue weighted by Crippen LogP contribution is -2.17. The van der Waals surface area contributed by atoms with Crippen LogP contribution in [-0.2, 0) is 35.3 Å². The van der Waals surface area contributed by atoms with E-state index in [1.165, 1.54) is 35.1 Å². The molecule has 1 amide bonds. The summed E-state index contributed by atoms with van der Waals surface area (Å²) in [6, 6.07) is 7.81. The summed E-state index contributed by atoms with van der Waals surface area (Å²) in [6.07, 6.45) is 7.42. The van der Waals surface area contributed by atoms with Crippen molar-refractivity contribution in [3.05, 3.63) is 64.3 Å². The molecule has 4 rings (SSSR count). The first-order chi connectivity index (χ1) is 17.5. The predicted octanol–water partition coefficient (Wildman–Crippen LogP) is 4.91. The fourth-order valence-electron chi connectivity index (χ4n) is 4.24. The van der Waals surface area contributed by atoms with Crippen molar-refractivity contribution in [2.45, 2.75) is 50.2 Å². The number of carbonyl (C=O) groups is 2. The van der Waals surface area contributed by atoms with Crippen LogP contribution in [0.3, 0.4) is 0 Å². The first kappa shape index (κ1) is 26.0. The largest absolute Gasteiger partial charge is 0.497 e. The molecule has 1 aliphatic carbocycles. The van der Waals surface area contributed by atoms with Gasteiger partial charge in [-0.15, -0.1) is 28.1 Å². The van der Waals surface area contributed by atoms with Crippen molar-refractivity contribution in [3.63, 3.8) is 0 Å². The molecule has 3 aromatic rings. The average molecular weight is 527 g/mol. The van der Waals surface area contributed by atoms with Crippen LogP contribution >= 0.6 is 23.1 Å². The van der Waals surface area contributed by atoms with Gasteiger partial charge in [0.05, 0.1) is 25.5 Å². The van der Waals surface area contributed by atoms with Crippen molar-refractivity contribution in [3.8, 4) is 5.75 Å². The number of carbonyl (C=O) groups excluding carboxylic acids is 2. The number of thiophene rings is 1. The van der Waals surface area contributed by atoms with Crippen LogP contribution in [-0.4, -0.2) is 46.6 Å². The van der Waals surface area contributed by atoms with E-state index in [-0.39, 0.29) is 11.7 Å². The van der Waals surface area contributed by atoms with Gasteiger partial charge in [-0.05, 0) is 48.9 Å². The van der Waals surface area contributed by atoms with E-state index >= 15 is 0 Å². The maximum Gasteiger partial charge on any atom is 0.341 e. The van der Waals surface area contributed by atoms with E-state index in [0.717, 1.165) is 54.8 Å². The number of ether oxygens (including phenoxy) is 2. The van der Waals surface area contributed by atoms with Gasteiger partial charge in [0.1, 0.15) is 16.6 Å². The van der Waals surface area contributed by atoms with Crippen LogP contribution in [0.2, 0.25) is 0 Å². The minimum Gasteiger partial charge on any atom is -0.497 e. The Morgan fingerprint density at radius 1 is 1.17 bits per heavy atom. The van der Waals surface area contributed by atoms with Crippen molar-refractivity contribution in [2.75, 3.05) is 25.3 Å². The molecule has 1 aliphatic rings. The number of aromatic nitrogens is 3. The molecular formula is C26H30N4O4S2. The van der Waals surface area contributed by atoms with Gasteiger partial charge < -0.3 is 19.4 Å². The van der Waals surface area contributed by atoms with E-state index < -0.39 is 5.97 Å². The Morgan fingerprint density at radius 3 is 2.67 bits per heavy atom. The van der Waals surface area contributed by atoms with Gasteiger partial charge in [-0.2, -0.15) is 0 Å². The molecule has 1 N–H and O–H groups in total. The second-order valence-electron chi connectivity index (χ2n) is 8.42. The zero-order valence-electron chi connectivity index (χ0n) is 20.5. The van der Waals surface area contributed by atoms with Gasteiger partial charge in [0, 0.05) is 17.8 Å². The molecule has 0 atom stereocenters. The lowest BCUT2D eigenvalue weighted by Gasteiger charge is -2.09. The number of anilines is 1. The number of hydrogen-bond acceptors (Lipinski definition) is 8. The number of aryl methyl sites for hydroxylation is 1. The van der Waals surface area contributed by atoms with Crippen molar-refractivity contribution >= 4 is 40.0 Å². The topological polar surface area (TPSA) is 95.3 Å². The molecule has 0 saturated carbocycles. The highest BCUT2D eigenvalue weighted by atomic mass is 32.2. The summed E-state index contributed by atoms with van der Waals surface area (Å²) >= 11 is 2.80. The highest BCUT2D eigenvalue weighted by Crippen LogP contribution is 2.38. The molecule has 2 aromatic heterocycles. The molecule has 0 aliphatic heterocycles. The molecule has 0 saturated heterocycles.